The fourth-order valence-corrected chi connectivity index (χ4v) is 7.48. The number of hydrogen-bond acceptors (Lipinski definition) is 0. The molecule has 9 aromatic carbocycles. The fraction of sp³-hybridized carbons (Fsp3) is 0.100. The Balaban J connectivity index is 0.000000136. The molecular weight excluding hydrogens is 721 g/mol. The Hall–Kier alpha value is -7.02. The molecule has 0 saturated carbocycles. The number of aryl methyl sites for hydroxylation is 6. The Labute approximate surface area is 358 Å². The van der Waals surface area contributed by atoms with E-state index in [0.29, 0.717) is 0 Å². The van der Waals surface area contributed by atoms with Gasteiger partial charge in [0, 0.05) is 0 Å². The van der Waals surface area contributed by atoms with Crippen molar-refractivity contribution in [1.29, 1.82) is 0 Å². The molecule has 60 heavy (non-hydrogen) atoms. The molecule has 0 aliphatic carbocycles. The summed E-state index contributed by atoms with van der Waals surface area (Å²) < 4.78 is 0. The Bertz CT molecular complexity index is 2620. The first-order valence-corrected chi connectivity index (χ1v) is 20.9. The van der Waals surface area contributed by atoms with Gasteiger partial charge in [-0.3, -0.25) is 0 Å². The number of benzene rings is 9. The lowest BCUT2D eigenvalue weighted by molar-refractivity contribution is 1.43. The fourth-order valence-electron chi connectivity index (χ4n) is 7.48. The molecule has 0 radical (unpaired) electrons. The Morgan fingerprint density at radius 2 is 0.450 bits per heavy atom. The second-order valence-electron chi connectivity index (χ2n) is 15.8. The van der Waals surface area contributed by atoms with Crippen molar-refractivity contribution in [2.75, 3.05) is 0 Å². The van der Waals surface area contributed by atoms with Crippen LogP contribution in [0.2, 0.25) is 0 Å². The van der Waals surface area contributed by atoms with Crippen molar-refractivity contribution in [1.82, 2.24) is 0 Å². The second-order valence-corrected chi connectivity index (χ2v) is 15.8. The van der Waals surface area contributed by atoms with Gasteiger partial charge in [0.15, 0.2) is 0 Å². The van der Waals surface area contributed by atoms with Crippen LogP contribution in [0.4, 0.5) is 0 Å². The van der Waals surface area contributed by atoms with E-state index < -0.39 is 0 Å². The first kappa shape index (κ1) is 41.2. The second kappa shape index (κ2) is 19.6. The molecule has 0 N–H and O–H groups in total. The van der Waals surface area contributed by atoms with E-state index in [0.717, 1.165) is 0 Å². The maximum atomic E-state index is 2.22. The van der Waals surface area contributed by atoms with Crippen LogP contribution in [0.1, 0.15) is 33.4 Å². The summed E-state index contributed by atoms with van der Waals surface area (Å²) in [5.74, 6) is 0. The van der Waals surface area contributed by atoms with Crippen LogP contribution in [0.5, 0.6) is 0 Å². The minimum absolute atomic E-state index is 1.26. The molecule has 0 saturated heterocycles. The molecule has 0 unspecified atom stereocenters. The molecule has 0 aliphatic heterocycles. The highest BCUT2D eigenvalue weighted by molar-refractivity contribution is 5.86. The van der Waals surface area contributed by atoms with Crippen molar-refractivity contribution in [2.24, 2.45) is 0 Å². The topological polar surface area (TPSA) is 0 Å². The predicted octanol–water partition coefficient (Wildman–Crippen LogP) is 16.9. The van der Waals surface area contributed by atoms with Crippen molar-refractivity contribution in [3.8, 4) is 66.8 Å². The third-order valence-corrected chi connectivity index (χ3v) is 11.1. The van der Waals surface area contributed by atoms with Gasteiger partial charge < -0.3 is 0 Å². The first-order valence-electron chi connectivity index (χ1n) is 20.9. The molecule has 294 valence electrons. The zero-order chi connectivity index (χ0) is 41.8. The zero-order valence-electron chi connectivity index (χ0n) is 35.8. The highest BCUT2D eigenvalue weighted by atomic mass is 14.1. The summed E-state index contributed by atoms with van der Waals surface area (Å²) in [6, 6.07) is 78.0. The molecule has 0 spiro atoms. The molecule has 9 rings (SSSR count). The van der Waals surface area contributed by atoms with Crippen LogP contribution in [-0.2, 0) is 0 Å². The Kier molecular flexibility index (Phi) is 13.5. The van der Waals surface area contributed by atoms with E-state index in [-0.39, 0.29) is 0 Å². The summed E-state index contributed by atoms with van der Waals surface area (Å²) in [4.78, 5) is 0. The third kappa shape index (κ3) is 10.5. The van der Waals surface area contributed by atoms with E-state index in [4.69, 9.17) is 0 Å². The molecule has 0 heteroatoms. The van der Waals surface area contributed by atoms with Crippen molar-refractivity contribution in [3.05, 3.63) is 252 Å². The number of hydrogen-bond donors (Lipinski definition) is 0. The van der Waals surface area contributed by atoms with Crippen LogP contribution >= 0.6 is 0 Å². The summed E-state index contributed by atoms with van der Waals surface area (Å²) in [5, 5.41) is 0. The average molecular weight is 775 g/mol. The normalized spacial score (nSPS) is 10.5. The molecule has 0 fully saturated rings. The van der Waals surface area contributed by atoms with Gasteiger partial charge in [0.1, 0.15) is 0 Å². The standard InChI is InChI=1S/3C20H18/c1-15-3-7-17(8-4-15)19-11-13-20(14-12-19)18-9-5-16(2)6-10-18;1-15-9-3-5-11-17(15)19-13-7-8-14-20(19)18-12-6-4-10-16(18)2;1-15-6-8-17(9-7-15)18-10-12-19(13-11-18)20-5-3-4-16(2)14-20/h3*3-14H,1-2H3. The summed E-state index contributed by atoms with van der Waals surface area (Å²) in [5.41, 5.74) is 23.2. The predicted molar refractivity (Wildman–Crippen MR) is 260 cm³/mol. The summed E-state index contributed by atoms with van der Waals surface area (Å²) in [6.07, 6.45) is 0. The van der Waals surface area contributed by atoms with Crippen LogP contribution in [-0.4, -0.2) is 0 Å². The molecule has 0 aliphatic rings. The minimum atomic E-state index is 1.26. The van der Waals surface area contributed by atoms with Gasteiger partial charge in [0.05, 0.1) is 0 Å². The van der Waals surface area contributed by atoms with Gasteiger partial charge in [0.25, 0.3) is 0 Å². The SMILES string of the molecule is Cc1ccc(-c2ccc(-c3ccc(C)cc3)cc2)cc1.Cc1ccc(-c2ccc(-c3cccc(C)c3)cc2)cc1.Cc1ccccc1-c1ccccc1-c1ccccc1C. The van der Waals surface area contributed by atoms with E-state index in [9.17, 15) is 0 Å². The van der Waals surface area contributed by atoms with Crippen molar-refractivity contribution >= 4 is 0 Å². The first-order chi connectivity index (χ1) is 29.2. The molecule has 9 aromatic rings. The Morgan fingerprint density at radius 1 is 0.183 bits per heavy atom. The quantitative estimate of drug-likeness (QED) is 0.158. The van der Waals surface area contributed by atoms with Gasteiger partial charge in [-0.1, -0.05) is 241 Å². The van der Waals surface area contributed by atoms with E-state index in [1.807, 2.05) is 0 Å². The van der Waals surface area contributed by atoms with Gasteiger partial charge in [-0.05, 0) is 119 Å². The lowest BCUT2D eigenvalue weighted by atomic mass is 9.90. The van der Waals surface area contributed by atoms with E-state index in [1.165, 1.54) is 100 Å². The van der Waals surface area contributed by atoms with Gasteiger partial charge in [-0.2, -0.15) is 0 Å². The van der Waals surface area contributed by atoms with Gasteiger partial charge in [0.2, 0.25) is 0 Å². The van der Waals surface area contributed by atoms with E-state index in [1.54, 1.807) is 0 Å². The average Bonchev–Trinajstić information content (AvgIpc) is 3.28. The van der Waals surface area contributed by atoms with Gasteiger partial charge in [-0.15, -0.1) is 0 Å². The maximum Gasteiger partial charge on any atom is -0.0103 e. The van der Waals surface area contributed by atoms with E-state index >= 15 is 0 Å². The van der Waals surface area contributed by atoms with Crippen LogP contribution in [0, 0.1) is 41.5 Å². The highest BCUT2D eigenvalue weighted by Gasteiger charge is 2.10. The molecule has 0 nitrogen and oxygen atoms in total. The third-order valence-electron chi connectivity index (χ3n) is 11.1. The molecule has 0 aromatic heterocycles. The molecule has 0 bridgehead atoms. The molecule has 0 heterocycles. The monoisotopic (exact) mass is 774 g/mol. The molecule has 0 amide bonds. The zero-order valence-corrected chi connectivity index (χ0v) is 35.8. The van der Waals surface area contributed by atoms with Crippen LogP contribution < -0.4 is 0 Å². The molecule has 0 atom stereocenters. The minimum Gasteiger partial charge on any atom is -0.0620 e. The van der Waals surface area contributed by atoms with Crippen LogP contribution in [0.25, 0.3) is 66.8 Å². The summed E-state index contributed by atoms with van der Waals surface area (Å²) in [6.45, 7) is 12.8. The molecular formula is C60H54. The van der Waals surface area contributed by atoms with Crippen molar-refractivity contribution in [3.63, 3.8) is 0 Å². The Morgan fingerprint density at radius 3 is 0.750 bits per heavy atom. The number of rotatable bonds is 6. The summed E-state index contributed by atoms with van der Waals surface area (Å²) in [7, 11) is 0. The van der Waals surface area contributed by atoms with Crippen molar-refractivity contribution < 1.29 is 0 Å². The van der Waals surface area contributed by atoms with Crippen LogP contribution in [0.15, 0.2) is 218 Å². The lowest BCUT2D eigenvalue weighted by Crippen LogP contribution is -1.89. The smallest absolute Gasteiger partial charge is 0.0103 e. The van der Waals surface area contributed by atoms with Gasteiger partial charge >= 0.3 is 0 Å². The van der Waals surface area contributed by atoms with E-state index in [2.05, 4.69) is 260 Å². The van der Waals surface area contributed by atoms with Crippen LogP contribution in [0.3, 0.4) is 0 Å². The largest absolute Gasteiger partial charge is 0.0620 e. The van der Waals surface area contributed by atoms with Crippen molar-refractivity contribution in [2.45, 2.75) is 41.5 Å². The maximum absolute atomic E-state index is 2.22. The summed E-state index contributed by atoms with van der Waals surface area (Å²) >= 11 is 0. The van der Waals surface area contributed by atoms with Gasteiger partial charge in [-0.25, -0.2) is 0 Å². The lowest BCUT2D eigenvalue weighted by Gasteiger charge is -2.14. The highest BCUT2D eigenvalue weighted by Crippen LogP contribution is 2.35.